The lowest BCUT2D eigenvalue weighted by Gasteiger charge is -2.35. The molecule has 0 saturated carbocycles. The van der Waals surface area contributed by atoms with Crippen molar-refractivity contribution in [3.8, 4) is 0 Å². The summed E-state index contributed by atoms with van der Waals surface area (Å²) in [6.45, 7) is 14.2. The quantitative estimate of drug-likeness (QED) is 0.364. The third-order valence-electron chi connectivity index (χ3n) is 8.19. The summed E-state index contributed by atoms with van der Waals surface area (Å²) in [5.41, 5.74) is 2.13. The molecule has 2 fully saturated rings. The van der Waals surface area contributed by atoms with Crippen LogP contribution in [0.3, 0.4) is 0 Å². The largest absolute Gasteiger partial charge is 0.379 e. The predicted octanol–water partition coefficient (Wildman–Crippen LogP) is 2.53. The molecular formula is C29H48N4O5S. The second kappa shape index (κ2) is 14.8. The topological polar surface area (TPSA) is 82.6 Å². The Morgan fingerprint density at radius 1 is 0.897 bits per heavy atom. The number of benzene rings is 1. The van der Waals surface area contributed by atoms with Gasteiger partial charge >= 0.3 is 6.03 Å². The van der Waals surface area contributed by atoms with Crippen molar-refractivity contribution in [2.45, 2.75) is 56.9 Å². The van der Waals surface area contributed by atoms with Gasteiger partial charge in [-0.2, -0.15) is 0 Å². The monoisotopic (exact) mass is 564 g/mol. The van der Waals surface area contributed by atoms with Crippen molar-refractivity contribution in [1.82, 2.24) is 19.6 Å². The lowest BCUT2D eigenvalue weighted by molar-refractivity contribution is 0.0342. The second-order valence-corrected chi connectivity index (χ2v) is 13.3. The van der Waals surface area contributed by atoms with E-state index in [1.165, 1.54) is 0 Å². The van der Waals surface area contributed by atoms with Gasteiger partial charge in [-0.25, -0.2) is 13.2 Å². The van der Waals surface area contributed by atoms with E-state index in [0.717, 1.165) is 109 Å². The van der Waals surface area contributed by atoms with Gasteiger partial charge in [-0.1, -0.05) is 12.1 Å². The van der Waals surface area contributed by atoms with Gasteiger partial charge in [-0.15, -0.1) is 0 Å². The molecule has 0 bridgehead atoms. The molecule has 0 radical (unpaired) electrons. The molecule has 0 aromatic heterocycles. The molecule has 3 aliphatic rings. The summed E-state index contributed by atoms with van der Waals surface area (Å²) >= 11 is 0. The number of carbonyl (C=O) groups is 1. The lowest BCUT2D eigenvalue weighted by Crippen LogP contribution is -2.49. The van der Waals surface area contributed by atoms with Gasteiger partial charge < -0.3 is 19.3 Å². The average Bonchev–Trinajstić information content (AvgIpc) is 3.42. The molecule has 2 heterocycles. The fourth-order valence-corrected chi connectivity index (χ4v) is 7.44. The first-order valence-electron chi connectivity index (χ1n) is 14.8. The van der Waals surface area contributed by atoms with Crippen LogP contribution in [0.1, 0.15) is 44.2 Å². The maximum atomic E-state index is 13.9. The van der Waals surface area contributed by atoms with E-state index >= 15 is 0 Å². The van der Waals surface area contributed by atoms with Gasteiger partial charge in [-0.3, -0.25) is 9.80 Å². The molecule has 4 rings (SSSR count). The van der Waals surface area contributed by atoms with E-state index in [-0.39, 0.29) is 24.4 Å². The van der Waals surface area contributed by atoms with Gasteiger partial charge in [-0.05, 0) is 63.1 Å². The Bertz CT molecular complexity index is 999. The van der Waals surface area contributed by atoms with E-state index in [1.54, 1.807) is 11.0 Å². The number of carbonyl (C=O) groups excluding carboxylic acids is 1. The minimum Gasteiger partial charge on any atom is -0.379 e. The minimum absolute atomic E-state index is 0.0528. The van der Waals surface area contributed by atoms with Crippen LogP contribution in [-0.2, 0) is 32.2 Å². The maximum Gasteiger partial charge on any atom is 0.320 e. The number of fused-ring (bicyclic) bond motifs is 1. The van der Waals surface area contributed by atoms with Crippen molar-refractivity contribution < 1.29 is 22.7 Å². The molecule has 1 aromatic carbocycles. The number of urea groups is 1. The molecule has 2 aliphatic heterocycles. The summed E-state index contributed by atoms with van der Waals surface area (Å²) in [7, 11) is -3.49. The van der Waals surface area contributed by atoms with E-state index in [1.807, 2.05) is 30.9 Å². The number of amides is 2. The van der Waals surface area contributed by atoms with Crippen LogP contribution in [-0.4, -0.2) is 131 Å². The summed E-state index contributed by atoms with van der Waals surface area (Å²) in [5, 5.41) is 0. The van der Waals surface area contributed by atoms with Crippen LogP contribution in [0.4, 0.5) is 4.79 Å². The van der Waals surface area contributed by atoms with Gasteiger partial charge in [0.05, 0.1) is 37.1 Å². The van der Waals surface area contributed by atoms with Crippen LogP contribution >= 0.6 is 0 Å². The molecular weight excluding hydrogens is 516 g/mol. The molecule has 0 atom stereocenters. The first-order chi connectivity index (χ1) is 18.8. The van der Waals surface area contributed by atoms with Crippen molar-refractivity contribution >= 4 is 15.9 Å². The smallest absolute Gasteiger partial charge is 0.320 e. The van der Waals surface area contributed by atoms with Gasteiger partial charge in [0, 0.05) is 64.9 Å². The van der Waals surface area contributed by atoms with E-state index in [0.29, 0.717) is 18.0 Å². The van der Waals surface area contributed by atoms with Crippen LogP contribution in [0.25, 0.3) is 0 Å². The molecule has 39 heavy (non-hydrogen) atoms. The molecule has 1 aliphatic carbocycles. The van der Waals surface area contributed by atoms with Crippen molar-refractivity contribution in [2.24, 2.45) is 0 Å². The molecule has 1 aromatic rings. The van der Waals surface area contributed by atoms with E-state index in [9.17, 15) is 13.2 Å². The fourth-order valence-electron chi connectivity index (χ4n) is 5.88. The normalized spacial score (nSPS) is 18.8. The maximum absolute atomic E-state index is 13.9. The standard InChI is InChI=1S/C29H48N4O5S/c1-25(2)33(19-24-39(35,36)28-10-4-8-26-7-3-9-27(26)28)29(34)32(13-5-11-30-15-20-37-21-16-30)14-6-12-31-17-22-38-23-18-31/h4,8,10,25H,3,5-7,9,11-24H2,1-2H3. The Hall–Kier alpha value is -1.72. The summed E-state index contributed by atoms with van der Waals surface area (Å²) in [4.78, 5) is 22.8. The highest BCUT2D eigenvalue weighted by atomic mass is 32.2. The minimum atomic E-state index is -3.49. The zero-order valence-corrected chi connectivity index (χ0v) is 24.8. The van der Waals surface area contributed by atoms with Crippen LogP contribution in [0, 0.1) is 0 Å². The number of hydrogen-bond donors (Lipinski definition) is 0. The number of hydrogen-bond acceptors (Lipinski definition) is 7. The number of ether oxygens (including phenoxy) is 2. The van der Waals surface area contributed by atoms with Gasteiger partial charge in [0.2, 0.25) is 0 Å². The number of nitrogens with zero attached hydrogens (tertiary/aromatic N) is 4. The number of morpholine rings is 2. The molecule has 2 saturated heterocycles. The number of rotatable bonds is 13. The lowest BCUT2D eigenvalue weighted by atomic mass is 10.1. The second-order valence-electron chi connectivity index (χ2n) is 11.2. The fraction of sp³-hybridized carbons (Fsp3) is 0.759. The molecule has 0 unspecified atom stereocenters. The van der Waals surface area contributed by atoms with Gasteiger partial charge in [0.1, 0.15) is 0 Å². The Morgan fingerprint density at radius 2 is 1.49 bits per heavy atom. The highest BCUT2D eigenvalue weighted by Gasteiger charge is 2.28. The van der Waals surface area contributed by atoms with Crippen LogP contribution in [0.2, 0.25) is 0 Å². The SMILES string of the molecule is CC(C)N(CCS(=O)(=O)c1cccc2c1CCC2)C(=O)N(CCCN1CCOCC1)CCCN1CCOCC1. The average molecular weight is 565 g/mol. The molecule has 0 N–H and O–H groups in total. The highest BCUT2D eigenvalue weighted by Crippen LogP contribution is 2.29. The number of aryl methyl sites for hydroxylation is 1. The molecule has 9 nitrogen and oxygen atoms in total. The summed E-state index contributed by atoms with van der Waals surface area (Å²) in [6.07, 6.45) is 4.55. The van der Waals surface area contributed by atoms with Crippen LogP contribution in [0.5, 0.6) is 0 Å². The summed E-state index contributed by atoms with van der Waals surface area (Å²) in [5.74, 6) is -0.0528. The first kappa shape index (κ1) is 30.2. The van der Waals surface area contributed by atoms with E-state index < -0.39 is 9.84 Å². The Kier molecular flexibility index (Phi) is 11.5. The van der Waals surface area contributed by atoms with Crippen molar-refractivity contribution in [1.29, 1.82) is 0 Å². The Labute approximate surface area is 235 Å². The third kappa shape index (κ3) is 8.63. The Morgan fingerprint density at radius 3 is 2.05 bits per heavy atom. The van der Waals surface area contributed by atoms with E-state index in [4.69, 9.17) is 9.47 Å². The Balaban J connectivity index is 1.38. The predicted molar refractivity (Wildman–Crippen MR) is 153 cm³/mol. The summed E-state index contributed by atoms with van der Waals surface area (Å²) in [6, 6.07) is 5.49. The third-order valence-corrected chi connectivity index (χ3v) is 9.96. The summed E-state index contributed by atoms with van der Waals surface area (Å²) < 4.78 is 37.8. The molecule has 0 spiro atoms. The zero-order valence-electron chi connectivity index (χ0n) is 24.0. The zero-order chi connectivity index (χ0) is 27.7. The van der Waals surface area contributed by atoms with Gasteiger partial charge in [0.25, 0.3) is 0 Å². The van der Waals surface area contributed by atoms with E-state index in [2.05, 4.69) is 9.80 Å². The van der Waals surface area contributed by atoms with Crippen molar-refractivity contribution in [3.05, 3.63) is 29.3 Å². The van der Waals surface area contributed by atoms with Crippen molar-refractivity contribution in [3.63, 3.8) is 0 Å². The highest BCUT2D eigenvalue weighted by molar-refractivity contribution is 7.91. The molecule has 10 heteroatoms. The first-order valence-corrected chi connectivity index (χ1v) is 16.5. The van der Waals surface area contributed by atoms with Gasteiger partial charge in [0.15, 0.2) is 9.84 Å². The van der Waals surface area contributed by atoms with Crippen LogP contribution < -0.4 is 0 Å². The molecule has 2 amide bonds. The van der Waals surface area contributed by atoms with Crippen molar-refractivity contribution in [2.75, 3.05) is 91.1 Å². The van der Waals surface area contributed by atoms with Crippen LogP contribution in [0.15, 0.2) is 23.1 Å². The number of sulfone groups is 1. The molecule has 220 valence electrons.